The fourth-order valence-corrected chi connectivity index (χ4v) is 2.06. The van der Waals surface area contributed by atoms with Crippen molar-refractivity contribution in [2.75, 3.05) is 13.6 Å². The minimum Gasteiger partial charge on any atom is -0.341 e. The Balaban J connectivity index is 1.96. The molecule has 2 aromatic rings. The van der Waals surface area contributed by atoms with E-state index in [0.29, 0.717) is 12.1 Å². The number of carbonyl (C=O) groups excluding carboxylic acids is 1. The van der Waals surface area contributed by atoms with Gasteiger partial charge in [0.05, 0.1) is 5.56 Å². The summed E-state index contributed by atoms with van der Waals surface area (Å²) < 4.78 is 0.806. The molecular formula is C14H14BrN3O. The second-order valence-corrected chi connectivity index (χ2v) is 5.14. The third kappa shape index (κ3) is 3.86. The largest absolute Gasteiger partial charge is 0.341 e. The van der Waals surface area contributed by atoms with Gasteiger partial charge in [-0.2, -0.15) is 0 Å². The molecule has 0 bridgehead atoms. The Bertz CT molecular complexity index is 560. The Labute approximate surface area is 120 Å². The normalized spacial score (nSPS) is 10.2. The lowest BCUT2D eigenvalue weighted by Crippen LogP contribution is -2.28. The lowest BCUT2D eigenvalue weighted by atomic mass is 10.2. The number of halogens is 1. The molecule has 0 spiro atoms. The number of nitrogens with zero attached hydrogens (tertiary/aromatic N) is 3. The molecule has 98 valence electrons. The molecule has 0 saturated carbocycles. The molecule has 0 fully saturated rings. The van der Waals surface area contributed by atoms with Crippen LogP contribution in [0.3, 0.4) is 0 Å². The average Bonchev–Trinajstić information content (AvgIpc) is 2.45. The van der Waals surface area contributed by atoms with E-state index in [9.17, 15) is 4.79 Å². The summed E-state index contributed by atoms with van der Waals surface area (Å²) in [5.41, 5.74) is 1.76. The van der Waals surface area contributed by atoms with Crippen LogP contribution >= 0.6 is 15.9 Å². The molecule has 0 unspecified atom stereocenters. The molecule has 0 atom stereocenters. The van der Waals surface area contributed by atoms with E-state index >= 15 is 0 Å². The molecule has 19 heavy (non-hydrogen) atoms. The molecular weight excluding hydrogens is 306 g/mol. The summed E-state index contributed by atoms with van der Waals surface area (Å²) in [6, 6.07) is 5.69. The van der Waals surface area contributed by atoms with E-state index in [2.05, 4.69) is 25.9 Å². The summed E-state index contributed by atoms with van der Waals surface area (Å²) in [4.78, 5) is 21.8. The Morgan fingerprint density at radius 3 is 2.68 bits per heavy atom. The molecule has 5 heteroatoms. The van der Waals surface area contributed by atoms with Crippen molar-refractivity contribution < 1.29 is 4.79 Å². The maximum Gasteiger partial charge on any atom is 0.255 e. The molecule has 0 N–H and O–H groups in total. The van der Waals surface area contributed by atoms with Crippen molar-refractivity contribution >= 4 is 21.8 Å². The van der Waals surface area contributed by atoms with Gasteiger partial charge in [0, 0.05) is 42.9 Å². The third-order valence-corrected chi connectivity index (χ3v) is 3.22. The zero-order chi connectivity index (χ0) is 13.7. The third-order valence-electron chi connectivity index (χ3n) is 2.78. The van der Waals surface area contributed by atoms with E-state index in [1.807, 2.05) is 12.1 Å². The Kier molecular flexibility index (Phi) is 4.63. The zero-order valence-electron chi connectivity index (χ0n) is 10.6. The van der Waals surface area contributed by atoms with Gasteiger partial charge in [0.25, 0.3) is 5.91 Å². The Hall–Kier alpha value is -1.75. The van der Waals surface area contributed by atoms with Gasteiger partial charge in [-0.15, -0.1) is 0 Å². The first kappa shape index (κ1) is 13.7. The quantitative estimate of drug-likeness (QED) is 0.870. The number of aromatic nitrogens is 2. The van der Waals surface area contributed by atoms with Crippen LogP contribution in [-0.2, 0) is 6.42 Å². The first-order valence-corrected chi connectivity index (χ1v) is 6.71. The van der Waals surface area contributed by atoms with Gasteiger partial charge in [0.15, 0.2) is 0 Å². The number of amides is 1. The number of likely N-dealkylation sites (N-methyl/N-ethyl adjacent to an activating group) is 1. The van der Waals surface area contributed by atoms with Gasteiger partial charge in [0.2, 0.25) is 0 Å². The molecule has 0 aliphatic carbocycles. The summed E-state index contributed by atoms with van der Waals surface area (Å²) in [7, 11) is 1.80. The first-order chi connectivity index (χ1) is 9.16. The van der Waals surface area contributed by atoms with Crippen molar-refractivity contribution in [2.24, 2.45) is 0 Å². The fraction of sp³-hybridized carbons (Fsp3) is 0.214. The lowest BCUT2D eigenvalue weighted by Gasteiger charge is -2.17. The van der Waals surface area contributed by atoms with Gasteiger partial charge in [0.1, 0.15) is 0 Å². The highest BCUT2D eigenvalue weighted by molar-refractivity contribution is 9.10. The van der Waals surface area contributed by atoms with E-state index in [1.165, 1.54) is 5.56 Å². The molecule has 0 aromatic carbocycles. The smallest absolute Gasteiger partial charge is 0.255 e. The molecule has 2 rings (SSSR count). The van der Waals surface area contributed by atoms with E-state index < -0.39 is 0 Å². The molecule has 0 saturated heterocycles. The van der Waals surface area contributed by atoms with E-state index in [1.54, 1.807) is 42.8 Å². The Morgan fingerprint density at radius 2 is 2.00 bits per heavy atom. The van der Waals surface area contributed by atoms with E-state index in [4.69, 9.17) is 0 Å². The molecule has 2 heterocycles. The maximum absolute atomic E-state index is 12.2. The number of hydrogen-bond donors (Lipinski definition) is 0. The molecule has 1 amide bonds. The summed E-state index contributed by atoms with van der Waals surface area (Å²) in [6.45, 7) is 0.662. The average molecular weight is 320 g/mol. The monoisotopic (exact) mass is 319 g/mol. The van der Waals surface area contributed by atoms with Crippen molar-refractivity contribution in [1.82, 2.24) is 14.9 Å². The highest BCUT2D eigenvalue weighted by atomic mass is 79.9. The van der Waals surface area contributed by atoms with Crippen LogP contribution in [0.25, 0.3) is 0 Å². The highest BCUT2D eigenvalue weighted by Gasteiger charge is 2.12. The van der Waals surface area contributed by atoms with Gasteiger partial charge in [-0.05, 0) is 46.1 Å². The van der Waals surface area contributed by atoms with Crippen LogP contribution in [-0.4, -0.2) is 34.4 Å². The standard InChI is InChI=1S/C14H14BrN3O/c1-18(7-4-11-2-5-16-6-3-11)14(19)12-8-13(15)10-17-9-12/h2-3,5-6,8-10H,4,7H2,1H3. The second kappa shape index (κ2) is 6.43. The van der Waals surface area contributed by atoms with Crippen LogP contribution < -0.4 is 0 Å². The van der Waals surface area contributed by atoms with Crippen LogP contribution in [0.1, 0.15) is 15.9 Å². The van der Waals surface area contributed by atoms with Crippen LogP contribution in [0.15, 0.2) is 47.5 Å². The van der Waals surface area contributed by atoms with Crippen LogP contribution in [0, 0.1) is 0 Å². The predicted octanol–water partition coefficient (Wildman–Crippen LogP) is 2.55. The van der Waals surface area contributed by atoms with Crippen LogP contribution in [0.4, 0.5) is 0 Å². The van der Waals surface area contributed by atoms with Gasteiger partial charge >= 0.3 is 0 Å². The van der Waals surface area contributed by atoms with Gasteiger partial charge in [-0.3, -0.25) is 14.8 Å². The zero-order valence-corrected chi connectivity index (χ0v) is 12.2. The van der Waals surface area contributed by atoms with Gasteiger partial charge < -0.3 is 4.90 Å². The predicted molar refractivity (Wildman–Crippen MR) is 76.8 cm³/mol. The summed E-state index contributed by atoms with van der Waals surface area (Å²) in [5.74, 6) is -0.0251. The van der Waals surface area contributed by atoms with Crippen molar-refractivity contribution in [3.05, 3.63) is 58.6 Å². The number of pyridine rings is 2. The molecule has 2 aromatic heterocycles. The first-order valence-electron chi connectivity index (χ1n) is 5.92. The van der Waals surface area contributed by atoms with Crippen molar-refractivity contribution in [2.45, 2.75) is 6.42 Å². The number of rotatable bonds is 4. The maximum atomic E-state index is 12.2. The van der Waals surface area contributed by atoms with Crippen LogP contribution in [0.2, 0.25) is 0 Å². The van der Waals surface area contributed by atoms with E-state index in [-0.39, 0.29) is 5.91 Å². The minimum atomic E-state index is -0.0251. The van der Waals surface area contributed by atoms with Gasteiger partial charge in [-0.25, -0.2) is 0 Å². The number of carbonyl (C=O) groups is 1. The van der Waals surface area contributed by atoms with Crippen LogP contribution in [0.5, 0.6) is 0 Å². The van der Waals surface area contributed by atoms with Crippen molar-refractivity contribution in [1.29, 1.82) is 0 Å². The molecule has 0 radical (unpaired) electrons. The summed E-state index contributed by atoms with van der Waals surface area (Å²) in [6.07, 6.45) is 7.57. The SMILES string of the molecule is CN(CCc1ccncc1)C(=O)c1cncc(Br)c1. The molecule has 0 aliphatic rings. The van der Waals surface area contributed by atoms with Crippen molar-refractivity contribution in [3.8, 4) is 0 Å². The highest BCUT2D eigenvalue weighted by Crippen LogP contribution is 2.11. The molecule has 0 aliphatic heterocycles. The summed E-state index contributed by atoms with van der Waals surface area (Å²) >= 11 is 3.32. The second-order valence-electron chi connectivity index (χ2n) is 4.22. The van der Waals surface area contributed by atoms with Crippen molar-refractivity contribution in [3.63, 3.8) is 0 Å². The lowest BCUT2D eigenvalue weighted by molar-refractivity contribution is 0.0796. The van der Waals surface area contributed by atoms with Gasteiger partial charge in [-0.1, -0.05) is 0 Å². The summed E-state index contributed by atoms with van der Waals surface area (Å²) in [5, 5.41) is 0. The fourth-order valence-electron chi connectivity index (χ4n) is 1.70. The topological polar surface area (TPSA) is 46.1 Å². The Morgan fingerprint density at radius 1 is 1.26 bits per heavy atom. The minimum absolute atomic E-state index is 0.0251. The number of hydrogen-bond acceptors (Lipinski definition) is 3. The molecule has 4 nitrogen and oxygen atoms in total. The van der Waals surface area contributed by atoms with E-state index in [0.717, 1.165) is 10.9 Å².